The smallest absolute Gasteiger partial charge is 0.256 e. The van der Waals surface area contributed by atoms with Gasteiger partial charge in [-0.2, -0.15) is 5.10 Å². The summed E-state index contributed by atoms with van der Waals surface area (Å²) >= 11 is 0. The number of amides is 1. The van der Waals surface area contributed by atoms with Crippen LogP contribution in [0.4, 0.5) is 10.2 Å². The van der Waals surface area contributed by atoms with E-state index in [9.17, 15) is 9.18 Å². The SMILES string of the molecule is Cc1ccc(C(=O)Nc2cc(C)n(Cc3ccccc3F)n2)cc1C. The maximum absolute atomic E-state index is 13.8. The number of aryl methyl sites for hydroxylation is 3. The summed E-state index contributed by atoms with van der Waals surface area (Å²) in [6.45, 7) is 6.17. The Kier molecular flexibility index (Phi) is 4.65. The number of hydrogen-bond acceptors (Lipinski definition) is 2. The van der Waals surface area contributed by atoms with E-state index in [2.05, 4.69) is 10.4 Å². The number of benzene rings is 2. The number of rotatable bonds is 4. The van der Waals surface area contributed by atoms with Crippen LogP contribution in [0.1, 0.15) is 32.7 Å². The van der Waals surface area contributed by atoms with Gasteiger partial charge in [0.2, 0.25) is 0 Å². The van der Waals surface area contributed by atoms with E-state index >= 15 is 0 Å². The number of nitrogens with one attached hydrogen (secondary N) is 1. The highest BCUT2D eigenvalue weighted by Gasteiger charge is 2.12. The van der Waals surface area contributed by atoms with Crippen molar-refractivity contribution < 1.29 is 9.18 Å². The third-order valence-electron chi connectivity index (χ3n) is 4.27. The van der Waals surface area contributed by atoms with E-state index in [0.29, 0.717) is 23.5 Å². The third-order valence-corrected chi connectivity index (χ3v) is 4.27. The Bertz CT molecular complexity index is 930. The van der Waals surface area contributed by atoms with Crippen LogP contribution >= 0.6 is 0 Å². The lowest BCUT2D eigenvalue weighted by Crippen LogP contribution is -2.13. The minimum absolute atomic E-state index is 0.210. The lowest BCUT2D eigenvalue weighted by Gasteiger charge is -2.06. The van der Waals surface area contributed by atoms with Crippen molar-refractivity contribution in [1.29, 1.82) is 0 Å². The molecule has 0 aliphatic heterocycles. The predicted molar refractivity (Wildman–Crippen MR) is 96.3 cm³/mol. The molecule has 0 saturated heterocycles. The fourth-order valence-corrected chi connectivity index (χ4v) is 2.59. The molecule has 3 aromatic rings. The molecule has 25 heavy (non-hydrogen) atoms. The van der Waals surface area contributed by atoms with Gasteiger partial charge in [0.15, 0.2) is 5.82 Å². The molecule has 4 nitrogen and oxygen atoms in total. The zero-order valence-corrected chi connectivity index (χ0v) is 14.5. The van der Waals surface area contributed by atoms with E-state index in [0.717, 1.165) is 16.8 Å². The van der Waals surface area contributed by atoms with Crippen LogP contribution < -0.4 is 5.32 Å². The van der Waals surface area contributed by atoms with Crippen molar-refractivity contribution in [3.8, 4) is 0 Å². The van der Waals surface area contributed by atoms with Crippen molar-refractivity contribution in [2.24, 2.45) is 0 Å². The van der Waals surface area contributed by atoms with Crippen LogP contribution in [-0.4, -0.2) is 15.7 Å². The number of carbonyl (C=O) groups is 1. The first kappa shape index (κ1) is 16.9. The Morgan fingerprint density at radius 2 is 1.84 bits per heavy atom. The zero-order valence-electron chi connectivity index (χ0n) is 14.5. The Balaban J connectivity index is 1.77. The molecule has 0 aliphatic rings. The van der Waals surface area contributed by atoms with Crippen molar-refractivity contribution in [2.45, 2.75) is 27.3 Å². The van der Waals surface area contributed by atoms with Crippen LogP contribution in [-0.2, 0) is 6.54 Å². The first-order chi connectivity index (χ1) is 11.9. The van der Waals surface area contributed by atoms with E-state index in [1.54, 1.807) is 35.0 Å². The van der Waals surface area contributed by atoms with E-state index in [-0.39, 0.29) is 11.7 Å². The first-order valence-corrected chi connectivity index (χ1v) is 8.10. The van der Waals surface area contributed by atoms with E-state index < -0.39 is 0 Å². The maximum atomic E-state index is 13.8. The molecule has 0 aliphatic carbocycles. The molecule has 0 saturated carbocycles. The van der Waals surface area contributed by atoms with Gasteiger partial charge in [0.25, 0.3) is 5.91 Å². The lowest BCUT2D eigenvalue weighted by atomic mass is 10.1. The second-order valence-corrected chi connectivity index (χ2v) is 6.17. The standard InChI is InChI=1S/C20H20FN3O/c1-13-8-9-16(10-14(13)2)20(25)22-19-11-15(3)24(23-19)12-17-6-4-5-7-18(17)21/h4-11H,12H2,1-3H3,(H,22,23,25). The lowest BCUT2D eigenvalue weighted by molar-refractivity contribution is 0.102. The zero-order chi connectivity index (χ0) is 18.0. The van der Waals surface area contributed by atoms with Gasteiger partial charge in [0.1, 0.15) is 5.82 Å². The van der Waals surface area contributed by atoms with Crippen molar-refractivity contribution in [1.82, 2.24) is 9.78 Å². The molecular formula is C20H20FN3O. The van der Waals surface area contributed by atoms with E-state index in [4.69, 9.17) is 0 Å². The summed E-state index contributed by atoms with van der Waals surface area (Å²) < 4.78 is 15.5. The number of nitrogens with zero attached hydrogens (tertiary/aromatic N) is 2. The molecule has 1 N–H and O–H groups in total. The Morgan fingerprint density at radius 1 is 1.08 bits per heavy atom. The Labute approximate surface area is 146 Å². The van der Waals surface area contributed by atoms with Gasteiger partial charge in [0, 0.05) is 22.9 Å². The summed E-state index contributed by atoms with van der Waals surface area (Å²) in [6, 6.07) is 13.9. The van der Waals surface area contributed by atoms with Crippen LogP contribution in [0.25, 0.3) is 0 Å². The van der Waals surface area contributed by atoms with Crippen molar-refractivity contribution in [3.05, 3.63) is 82.3 Å². The maximum Gasteiger partial charge on any atom is 0.256 e. The summed E-state index contributed by atoms with van der Waals surface area (Å²) in [7, 11) is 0. The summed E-state index contributed by atoms with van der Waals surface area (Å²) in [5.41, 5.74) is 4.19. The molecule has 0 fully saturated rings. The van der Waals surface area contributed by atoms with Gasteiger partial charge >= 0.3 is 0 Å². The summed E-state index contributed by atoms with van der Waals surface area (Å²) in [4.78, 5) is 12.4. The number of aromatic nitrogens is 2. The minimum Gasteiger partial charge on any atom is -0.305 e. The topological polar surface area (TPSA) is 46.9 Å². The number of halogens is 1. The van der Waals surface area contributed by atoms with Gasteiger partial charge in [-0.3, -0.25) is 9.48 Å². The van der Waals surface area contributed by atoms with Gasteiger partial charge in [-0.1, -0.05) is 24.3 Å². The van der Waals surface area contributed by atoms with Crippen LogP contribution in [0.3, 0.4) is 0 Å². The number of anilines is 1. The quantitative estimate of drug-likeness (QED) is 0.774. The molecule has 2 aromatic carbocycles. The third kappa shape index (κ3) is 3.76. The Hall–Kier alpha value is -2.95. The molecule has 0 radical (unpaired) electrons. The van der Waals surface area contributed by atoms with Crippen molar-refractivity contribution >= 4 is 11.7 Å². The van der Waals surface area contributed by atoms with Crippen LogP contribution in [0.2, 0.25) is 0 Å². The molecule has 128 valence electrons. The van der Waals surface area contributed by atoms with Gasteiger partial charge in [-0.25, -0.2) is 4.39 Å². The number of carbonyl (C=O) groups excluding carboxylic acids is 1. The van der Waals surface area contributed by atoms with Crippen LogP contribution in [0.15, 0.2) is 48.5 Å². The Morgan fingerprint density at radius 3 is 2.56 bits per heavy atom. The summed E-state index contributed by atoms with van der Waals surface area (Å²) in [6.07, 6.45) is 0. The highest BCUT2D eigenvalue weighted by atomic mass is 19.1. The van der Waals surface area contributed by atoms with Crippen molar-refractivity contribution in [3.63, 3.8) is 0 Å². The highest BCUT2D eigenvalue weighted by molar-refractivity contribution is 6.03. The number of hydrogen-bond donors (Lipinski definition) is 1. The monoisotopic (exact) mass is 337 g/mol. The molecule has 5 heteroatoms. The molecule has 0 unspecified atom stereocenters. The van der Waals surface area contributed by atoms with Crippen LogP contribution in [0.5, 0.6) is 0 Å². The van der Waals surface area contributed by atoms with Crippen molar-refractivity contribution in [2.75, 3.05) is 5.32 Å². The normalized spacial score (nSPS) is 10.7. The largest absolute Gasteiger partial charge is 0.305 e. The minimum atomic E-state index is -0.266. The summed E-state index contributed by atoms with van der Waals surface area (Å²) in [5.74, 6) is -0.0196. The van der Waals surface area contributed by atoms with Gasteiger partial charge in [-0.05, 0) is 50.1 Å². The molecule has 0 spiro atoms. The molecular weight excluding hydrogens is 317 g/mol. The van der Waals surface area contributed by atoms with Crippen LogP contribution in [0, 0.1) is 26.6 Å². The molecule has 1 amide bonds. The van der Waals surface area contributed by atoms with Gasteiger partial charge in [-0.15, -0.1) is 0 Å². The molecule has 1 heterocycles. The van der Waals surface area contributed by atoms with Gasteiger partial charge in [0.05, 0.1) is 6.54 Å². The first-order valence-electron chi connectivity index (χ1n) is 8.10. The predicted octanol–water partition coefficient (Wildman–Crippen LogP) is 4.25. The summed E-state index contributed by atoms with van der Waals surface area (Å²) in [5, 5.41) is 7.17. The van der Waals surface area contributed by atoms with E-state index in [1.165, 1.54) is 6.07 Å². The fraction of sp³-hybridized carbons (Fsp3) is 0.200. The molecule has 3 rings (SSSR count). The fourth-order valence-electron chi connectivity index (χ4n) is 2.59. The average Bonchev–Trinajstić information content (AvgIpc) is 2.91. The average molecular weight is 337 g/mol. The van der Waals surface area contributed by atoms with E-state index in [1.807, 2.05) is 32.9 Å². The highest BCUT2D eigenvalue weighted by Crippen LogP contribution is 2.15. The molecule has 0 atom stereocenters. The molecule has 0 bridgehead atoms. The second kappa shape index (κ2) is 6.89. The second-order valence-electron chi connectivity index (χ2n) is 6.17. The van der Waals surface area contributed by atoms with Gasteiger partial charge < -0.3 is 5.32 Å². The molecule has 1 aromatic heterocycles.